The van der Waals surface area contributed by atoms with Crippen LogP contribution in [0.4, 0.5) is 5.69 Å². The fourth-order valence-corrected chi connectivity index (χ4v) is 1.49. The summed E-state index contributed by atoms with van der Waals surface area (Å²) in [6.07, 6.45) is 0.641. The predicted octanol–water partition coefficient (Wildman–Crippen LogP) is 1.85. The van der Waals surface area contributed by atoms with E-state index in [1.807, 2.05) is 19.9 Å². The third kappa shape index (κ3) is 4.50. The van der Waals surface area contributed by atoms with E-state index in [0.29, 0.717) is 13.0 Å². The average molecular weight is 238 g/mol. The first-order chi connectivity index (χ1) is 7.94. The van der Waals surface area contributed by atoms with E-state index < -0.39 is 4.92 Å². The lowest BCUT2D eigenvalue weighted by Crippen LogP contribution is -2.39. The van der Waals surface area contributed by atoms with Crippen molar-refractivity contribution >= 4 is 5.69 Å². The van der Waals surface area contributed by atoms with Gasteiger partial charge in [0.15, 0.2) is 0 Å². The molecule has 0 amide bonds. The van der Waals surface area contributed by atoms with Gasteiger partial charge in [-0.25, -0.2) is 0 Å². The third-order valence-electron chi connectivity index (χ3n) is 2.63. The van der Waals surface area contributed by atoms with Crippen LogP contribution in [0.3, 0.4) is 0 Å². The molecule has 0 fully saturated rings. The number of non-ortho nitro benzene ring substituents is 1. The Morgan fingerprint density at radius 3 is 2.76 bits per heavy atom. The van der Waals surface area contributed by atoms with Crippen molar-refractivity contribution in [2.75, 3.05) is 6.61 Å². The standard InChI is InChI=1S/C12H18N2O3/c1-12(2,6-7-15)13-9-10-4-3-5-11(8-10)14(16)17/h3-5,8,13,15H,6-7,9H2,1-2H3. The predicted molar refractivity (Wildman–Crippen MR) is 65.7 cm³/mol. The van der Waals surface area contributed by atoms with Crippen molar-refractivity contribution in [2.45, 2.75) is 32.4 Å². The Morgan fingerprint density at radius 1 is 1.47 bits per heavy atom. The van der Waals surface area contributed by atoms with Gasteiger partial charge in [0.05, 0.1) is 4.92 Å². The van der Waals surface area contributed by atoms with Crippen LogP contribution in [0.2, 0.25) is 0 Å². The molecule has 0 bridgehead atoms. The number of rotatable bonds is 6. The van der Waals surface area contributed by atoms with E-state index in [9.17, 15) is 10.1 Å². The highest BCUT2D eigenvalue weighted by molar-refractivity contribution is 5.34. The number of nitrogens with one attached hydrogen (secondary N) is 1. The van der Waals surface area contributed by atoms with Gasteiger partial charge in [0.1, 0.15) is 0 Å². The molecule has 0 aliphatic heterocycles. The zero-order valence-electron chi connectivity index (χ0n) is 10.1. The van der Waals surface area contributed by atoms with E-state index in [-0.39, 0.29) is 17.8 Å². The summed E-state index contributed by atoms with van der Waals surface area (Å²) in [7, 11) is 0. The smallest absolute Gasteiger partial charge is 0.269 e. The number of aliphatic hydroxyl groups is 1. The van der Waals surface area contributed by atoms with Crippen molar-refractivity contribution < 1.29 is 10.0 Å². The lowest BCUT2D eigenvalue weighted by atomic mass is 10.0. The van der Waals surface area contributed by atoms with Crippen molar-refractivity contribution in [3.63, 3.8) is 0 Å². The minimum Gasteiger partial charge on any atom is -0.396 e. The number of nitro benzene ring substituents is 1. The Bertz CT molecular complexity index is 391. The number of benzene rings is 1. The number of hydrogen-bond donors (Lipinski definition) is 2. The third-order valence-corrected chi connectivity index (χ3v) is 2.63. The van der Waals surface area contributed by atoms with Crippen LogP contribution >= 0.6 is 0 Å². The molecule has 0 aliphatic rings. The second-order valence-corrected chi connectivity index (χ2v) is 4.64. The first-order valence-electron chi connectivity index (χ1n) is 5.54. The summed E-state index contributed by atoms with van der Waals surface area (Å²) in [5, 5.41) is 22.8. The lowest BCUT2D eigenvalue weighted by Gasteiger charge is -2.25. The molecule has 94 valence electrons. The molecular weight excluding hydrogens is 220 g/mol. The number of hydrogen-bond acceptors (Lipinski definition) is 4. The molecular formula is C12H18N2O3. The van der Waals surface area contributed by atoms with Crippen LogP contribution in [0.5, 0.6) is 0 Å². The van der Waals surface area contributed by atoms with E-state index in [1.165, 1.54) is 6.07 Å². The molecule has 5 heteroatoms. The zero-order valence-corrected chi connectivity index (χ0v) is 10.1. The van der Waals surface area contributed by atoms with Gasteiger partial charge in [-0.15, -0.1) is 0 Å². The Labute approximate surface area is 101 Å². The molecule has 0 aliphatic carbocycles. The van der Waals surface area contributed by atoms with Gasteiger partial charge in [0.25, 0.3) is 5.69 Å². The highest BCUT2D eigenvalue weighted by Crippen LogP contribution is 2.14. The van der Waals surface area contributed by atoms with Gasteiger partial charge in [-0.05, 0) is 25.8 Å². The molecule has 0 heterocycles. The second kappa shape index (κ2) is 5.75. The number of nitrogens with zero attached hydrogens (tertiary/aromatic N) is 1. The van der Waals surface area contributed by atoms with Crippen LogP contribution in [0.25, 0.3) is 0 Å². The quantitative estimate of drug-likeness (QED) is 0.585. The molecule has 2 N–H and O–H groups in total. The van der Waals surface area contributed by atoms with Gasteiger partial charge in [-0.3, -0.25) is 10.1 Å². The summed E-state index contributed by atoms with van der Waals surface area (Å²) >= 11 is 0. The van der Waals surface area contributed by atoms with Crippen molar-refractivity contribution in [3.8, 4) is 0 Å². The summed E-state index contributed by atoms with van der Waals surface area (Å²) in [5.74, 6) is 0. The van der Waals surface area contributed by atoms with Gasteiger partial charge in [0, 0.05) is 30.8 Å². The van der Waals surface area contributed by atoms with Crippen LogP contribution in [0, 0.1) is 10.1 Å². The zero-order chi connectivity index (χ0) is 12.9. The van der Waals surface area contributed by atoms with Crippen LogP contribution < -0.4 is 5.32 Å². The van der Waals surface area contributed by atoms with E-state index >= 15 is 0 Å². The summed E-state index contributed by atoms with van der Waals surface area (Å²) in [4.78, 5) is 10.2. The fraction of sp³-hybridized carbons (Fsp3) is 0.500. The van der Waals surface area contributed by atoms with E-state index in [2.05, 4.69) is 5.32 Å². The maximum Gasteiger partial charge on any atom is 0.269 e. The van der Waals surface area contributed by atoms with Crippen LogP contribution in [-0.2, 0) is 6.54 Å². The Balaban J connectivity index is 2.63. The first-order valence-corrected chi connectivity index (χ1v) is 5.54. The molecule has 5 nitrogen and oxygen atoms in total. The number of aliphatic hydroxyl groups excluding tert-OH is 1. The van der Waals surface area contributed by atoms with Crippen molar-refractivity contribution in [1.29, 1.82) is 0 Å². The molecule has 1 aromatic carbocycles. The van der Waals surface area contributed by atoms with Crippen molar-refractivity contribution in [3.05, 3.63) is 39.9 Å². The highest BCUT2D eigenvalue weighted by Gasteiger charge is 2.16. The lowest BCUT2D eigenvalue weighted by molar-refractivity contribution is -0.384. The summed E-state index contributed by atoms with van der Waals surface area (Å²) in [6.45, 7) is 4.64. The van der Waals surface area contributed by atoms with E-state index in [1.54, 1.807) is 12.1 Å². The molecule has 1 rings (SSSR count). The van der Waals surface area contributed by atoms with Crippen molar-refractivity contribution in [2.24, 2.45) is 0 Å². The number of nitro groups is 1. The molecule has 1 aromatic rings. The van der Waals surface area contributed by atoms with E-state index in [0.717, 1.165) is 5.56 Å². The molecule has 0 saturated carbocycles. The molecule has 0 aromatic heterocycles. The summed E-state index contributed by atoms with van der Waals surface area (Å²) in [5.41, 5.74) is 0.786. The Morgan fingerprint density at radius 2 is 2.18 bits per heavy atom. The van der Waals surface area contributed by atoms with Crippen LogP contribution in [-0.4, -0.2) is 22.2 Å². The molecule has 0 radical (unpaired) electrons. The van der Waals surface area contributed by atoms with E-state index in [4.69, 9.17) is 5.11 Å². The van der Waals surface area contributed by atoms with Gasteiger partial charge in [0.2, 0.25) is 0 Å². The maximum atomic E-state index is 10.6. The Kier molecular flexibility index (Phi) is 4.60. The molecule has 17 heavy (non-hydrogen) atoms. The molecule has 0 atom stereocenters. The second-order valence-electron chi connectivity index (χ2n) is 4.64. The maximum absolute atomic E-state index is 10.6. The van der Waals surface area contributed by atoms with Crippen molar-refractivity contribution in [1.82, 2.24) is 5.32 Å². The van der Waals surface area contributed by atoms with Gasteiger partial charge < -0.3 is 10.4 Å². The Hall–Kier alpha value is -1.46. The van der Waals surface area contributed by atoms with Crippen LogP contribution in [0.15, 0.2) is 24.3 Å². The summed E-state index contributed by atoms with van der Waals surface area (Å²) < 4.78 is 0. The normalized spacial score (nSPS) is 11.5. The molecule has 0 spiro atoms. The van der Waals surface area contributed by atoms with Gasteiger partial charge >= 0.3 is 0 Å². The molecule has 0 unspecified atom stereocenters. The molecule has 0 saturated heterocycles. The largest absolute Gasteiger partial charge is 0.396 e. The average Bonchev–Trinajstić information content (AvgIpc) is 2.27. The van der Waals surface area contributed by atoms with Crippen LogP contribution in [0.1, 0.15) is 25.8 Å². The highest BCUT2D eigenvalue weighted by atomic mass is 16.6. The minimum atomic E-state index is -0.400. The fourth-order valence-electron chi connectivity index (χ4n) is 1.49. The topological polar surface area (TPSA) is 75.4 Å². The minimum absolute atomic E-state index is 0.101. The monoisotopic (exact) mass is 238 g/mol. The summed E-state index contributed by atoms with van der Waals surface area (Å²) in [6, 6.07) is 6.55. The van der Waals surface area contributed by atoms with Gasteiger partial charge in [-0.1, -0.05) is 12.1 Å². The van der Waals surface area contributed by atoms with Gasteiger partial charge in [-0.2, -0.15) is 0 Å². The first kappa shape index (κ1) is 13.6. The SMILES string of the molecule is CC(C)(CCO)NCc1cccc([N+](=O)[O-])c1.